The summed E-state index contributed by atoms with van der Waals surface area (Å²) in [7, 11) is 1.63. The summed E-state index contributed by atoms with van der Waals surface area (Å²) in [6.45, 7) is 4.91. The van der Waals surface area contributed by atoms with Gasteiger partial charge in [0.1, 0.15) is 11.4 Å². The summed E-state index contributed by atoms with van der Waals surface area (Å²) >= 11 is 0. The number of fused-ring (bicyclic) bond motifs is 1. The molecule has 17 heavy (non-hydrogen) atoms. The highest BCUT2D eigenvalue weighted by Gasteiger charge is 2.29. The van der Waals surface area contributed by atoms with E-state index in [2.05, 4.69) is 9.97 Å². The molecule has 1 aromatic rings. The fourth-order valence-corrected chi connectivity index (χ4v) is 1.90. The van der Waals surface area contributed by atoms with Gasteiger partial charge >= 0.3 is 0 Å². The van der Waals surface area contributed by atoms with Gasteiger partial charge in [-0.05, 0) is 13.3 Å². The minimum Gasteiger partial charge on any atom is -0.376 e. The standard InChI is InChI=1S/C12H18N2O3/c1-4-12(2,16-3)11-13-9-5-6-17-7-8(9)10(15)14-11/h4-7H2,1-3H3,(H,13,14,15). The van der Waals surface area contributed by atoms with E-state index in [-0.39, 0.29) is 5.56 Å². The maximum absolute atomic E-state index is 11.9. The van der Waals surface area contributed by atoms with E-state index in [1.807, 2.05) is 13.8 Å². The summed E-state index contributed by atoms with van der Waals surface area (Å²) in [6.07, 6.45) is 1.44. The molecule has 2 rings (SSSR count). The van der Waals surface area contributed by atoms with Crippen LogP contribution in [0.25, 0.3) is 0 Å². The highest BCUT2D eigenvalue weighted by molar-refractivity contribution is 5.20. The number of hydrogen-bond donors (Lipinski definition) is 1. The SMILES string of the molecule is CCC(C)(OC)c1nc2c(c(=O)[nH]1)COCC2. The van der Waals surface area contributed by atoms with Crippen LogP contribution in [0.3, 0.4) is 0 Å². The smallest absolute Gasteiger partial charge is 0.256 e. The van der Waals surface area contributed by atoms with Crippen LogP contribution in [0.4, 0.5) is 0 Å². The maximum atomic E-state index is 11.9. The Bertz CT molecular complexity index is 463. The zero-order valence-electron chi connectivity index (χ0n) is 10.5. The molecular weight excluding hydrogens is 220 g/mol. The molecule has 1 aliphatic heterocycles. The van der Waals surface area contributed by atoms with Gasteiger partial charge in [0, 0.05) is 13.5 Å². The van der Waals surface area contributed by atoms with Crippen LogP contribution in [-0.4, -0.2) is 23.7 Å². The lowest BCUT2D eigenvalue weighted by molar-refractivity contribution is -0.00983. The van der Waals surface area contributed by atoms with Crippen LogP contribution >= 0.6 is 0 Å². The molecule has 94 valence electrons. The average Bonchev–Trinajstić information content (AvgIpc) is 2.38. The molecule has 1 unspecified atom stereocenters. The zero-order chi connectivity index (χ0) is 12.5. The highest BCUT2D eigenvalue weighted by Crippen LogP contribution is 2.25. The normalized spacial score (nSPS) is 18.5. The van der Waals surface area contributed by atoms with Crippen LogP contribution in [0.1, 0.15) is 37.4 Å². The van der Waals surface area contributed by atoms with Gasteiger partial charge in [-0.3, -0.25) is 4.79 Å². The van der Waals surface area contributed by atoms with Crippen molar-refractivity contribution in [3.63, 3.8) is 0 Å². The molecule has 0 aliphatic carbocycles. The second kappa shape index (κ2) is 4.58. The van der Waals surface area contributed by atoms with Crippen LogP contribution in [0.2, 0.25) is 0 Å². The van der Waals surface area contributed by atoms with Gasteiger partial charge in [0.05, 0.1) is 24.5 Å². The lowest BCUT2D eigenvalue weighted by Gasteiger charge is -2.27. The van der Waals surface area contributed by atoms with Crippen molar-refractivity contribution in [1.29, 1.82) is 0 Å². The molecule has 1 atom stereocenters. The molecule has 0 bridgehead atoms. The summed E-state index contributed by atoms with van der Waals surface area (Å²) in [4.78, 5) is 19.3. The van der Waals surface area contributed by atoms with E-state index >= 15 is 0 Å². The van der Waals surface area contributed by atoms with Gasteiger partial charge in [-0.25, -0.2) is 4.98 Å². The number of H-pyrrole nitrogens is 1. The Morgan fingerprint density at radius 1 is 1.59 bits per heavy atom. The van der Waals surface area contributed by atoms with Gasteiger partial charge in [-0.1, -0.05) is 6.92 Å². The summed E-state index contributed by atoms with van der Waals surface area (Å²) < 4.78 is 10.7. The number of ether oxygens (including phenoxy) is 2. The molecule has 0 spiro atoms. The number of nitrogens with one attached hydrogen (secondary N) is 1. The first kappa shape index (κ1) is 12.3. The summed E-state index contributed by atoms with van der Waals surface area (Å²) in [5, 5.41) is 0. The topological polar surface area (TPSA) is 64.2 Å². The lowest BCUT2D eigenvalue weighted by atomic mass is 10.0. The Hall–Kier alpha value is -1.20. The van der Waals surface area contributed by atoms with E-state index in [0.717, 1.165) is 12.1 Å². The summed E-state index contributed by atoms with van der Waals surface area (Å²) in [5.74, 6) is 0.605. The third-order valence-corrected chi connectivity index (χ3v) is 3.46. The first-order chi connectivity index (χ1) is 8.10. The predicted molar refractivity (Wildman–Crippen MR) is 62.9 cm³/mol. The van der Waals surface area contributed by atoms with Crippen molar-refractivity contribution in [3.8, 4) is 0 Å². The molecule has 5 heteroatoms. The fourth-order valence-electron chi connectivity index (χ4n) is 1.90. The van der Waals surface area contributed by atoms with Gasteiger partial charge in [0.15, 0.2) is 0 Å². The minimum atomic E-state index is -0.535. The van der Waals surface area contributed by atoms with Crippen LogP contribution in [0.5, 0.6) is 0 Å². The van der Waals surface area contributed by atoms with Gasteiger partial charge in [0.2, 0.25) is 0 Å². The molecule has 0 amide bonds. The van der Waals surface area contributed by atoms with Crippen molar-refractivity contribution in [2.45, 2.75) is 38.9 Å². The van der Waals surface area contributed by atoms with Crippen LogP contribution in [0.15, 0.2) is 4.79 Å². The fraction of sp³-hybridized carbons (Fsp3) is 0.667. The van der Waals surface area contributed by atoms with Crippen molar-refractivity contribution in [2.75, 3.05) is 13.7 Å². The third kappa shape index (κ3) is 2.12. The summed E-state index contributed by atoms with van der Waals surface area (Å²) in [5.41, 5.74) is 0.842. The molecule has 0 saturated carbocycles. The van der Waals surface area contributed by atoms with Crippen LogP contribution in [-0.2, 0) is 28.1 Å². The number of aromatic nitrogens is 2. The molecular formula is C12H18N2O3. The van der Waals surface area contributed by atoms with Gasteiger partial charge < -0.3 is 14.5 Å². The van der Waals surface area contributed by atoms with Crippen molar-refractivity contribution < 1.29 is 9.47 Å². The second-order valence-corrected chi connectivity index (χ2v) is 4.43. The minimum absolute atomic E-state index is 0.110. The average molecular weight is 238 g/mol. The highest BCUT2D eigenvalue weighted by atomic mass is 16.5. The maximum Gasteiger partial charge on any atom is 0.256 e. The molecule has 2 heterocycles. The van der Waals surface area contributed by atoms with Gasteiger partial charge in [-0.2, -0.15) is 0 Å². The van der Waals surface area contributed by atoms with Crippen molar-refractivity contribution in [3.05, 3.63) is 27.4 Å². The predicted octanol–water partition coefficient (Wildman–Crippen LogP) is 1.11. The lowest BCUT2D eigenvalue weighted by Crippen LogP contribution is -2.33. The molecule has 0 saturated heterocycles. The van der Waals surface area contributed by atoms with Gasteiger partial charge in [-0.15, -0.1) is 0 Å². The first-order valence-electron chi connectivity index (χ1n) is 5.86. The Morgan fingerprint density at radius 2 is 2.35 bits per heavy atom. The largest absolute Gasteiger partial charge is 0.376 e. The molecule has 0 fully saturated rings. The molecule has 1 aliphatic rings. The van der Waals surface area contributed by atoms with E-state index in [1.54, 1.807) is 7.11 Å². The second-order valence-electron chi connectivity index (χ2n) is 4.43. The molecule has 5 nitrogen and oxygen atoms in total. The quantitative estimate of drug-likeness (QED) is 0.857. The van der Waals surface area contributed by atoms with E-state index in [4.69, 9.17) is 9.47 Å². The Morgan fingerprint density at radius 3 is 3.00 bits per heavy atom. The number of hydrogen-bond acceptors (Lipinski definition) is 4. The Balaban J connectivity index is 2.51. The van der Waals surface area contributed by atoms with Crippen LogP contribution in [0, 0.1) is 0 Å². The zero-order valence-corrected chi connectivity index (χ0v) is 10.5. The molecule has 0 aromatic carbocycles. The Kier molecular flexibility index (Phi) is 3.31. The van der Waals surface area contributed by atoms with Crippen molar-refractivity contribution in [2.24, 2.45) is 0 Å². The number of rotatable bonds is 3. The van der Waals surface area contributed by atoms with E-state index in [1.165, 1.54) is 0 Å². The molecule has 0 radical (unpaired) electrons. The van der Waals surface area contributed by atoms with Gasteiger partial charge in [0.25, 0.3) is 5.56 Å². The van der Waals surface area contributed by atoms with E-state index in [0.29, 0.717) is 31.0 Å². The number of nitrogens with zero attached hydrogens (tertiary/aromatic N) is 1. The van der Waals surface area contributed by atoms with E-state index < -0.39 is 5.60 Å². The Labute approximate surface area is 100 Å². The van der Waals surface area contributed by atoms with Crippen LogP contribution < -0.4 is 5.56 Å². The van der Waals surface area contributed by atoms with Crippen molar-refractivity contribution in [1.82, 2.24) is 9.97 Å². The first-order valence-corrected chi connectivity index (χ1v) is 5.86. The molecule has 1 N–H and O–H groups in total. The molecule has 1 aromatic heterocycles. The number of aromatic amines is 1. The summed E-state index contributed by atoms with van der Waals surface area (Å²) in [6, 6.07) is 0. The number of methoxy groups -OCH3 is 1. The monoisotopic (exact) mass is 238 g/mol. The van der Waals surface area contributed by atoms with E-state index in [9.17, 15) is 4.79 Å². The van der Waals surface area contributed by atoms with Crippen molar-refractivity contribution >= 4 is 0 Å². The third-order valence-electron chi connectivity index (χ3n) is 3.46.